The van der Waals surface area contributed by atoms with Crippen LogP contribution in [0.2, 0.25) is 0 Å². The van der Waals surface area contributed by atoms with Crippen molar-refractivity contribution in [1.29, 1.82) is 0 Å². The van der Waals surface area contributed by atoms with Crippen LogP contribution in [0.5, 0.6) is 0 Å². The van der Waals surface area contributed by atoms with E-state index in [0.717, 1.165) is 24.2 Å². The molecule has 0 aliphatic heterocycles. The first-order valence-electron chi connectivity index (χ1n) is 5.35. The molecule has 1 atom stereocenters. The number of nitrogens with two attached hydrogens (primary N) is 1. The van der Waals surface area contributed by atoms with E-state index in [9.17, 15) is 0 Å². The second-order valence-electron chi connectivity index (χ2n) is 3.69. The van der Waals surface area contributed by atoms with Crippen molar-refractivity contribution in [3.05, 3.63) is 23.8 Å². The molecule has 0 fully saturated rings. The van der Waals surface area contributed by atoms with Crippen molar-refractivity contribution in [2.75, 3.05) is 18.2 Å². The van der Waals surface area contributed by atoms with Gasteiger partial charge in [-0.05, 0) is 37.1 Å². The summed E-state index contributed by atoms with van der Waals surface area (Å²) < 4.78 is 5.14. The van der Waals surface area contributed by atoms with Crippen LogP contribution in [-0.2, 0) is 11.2 Å². The molecule has 1 aromatic rings. The van der Waals surface area contributed by atoms with Crippen LogP contribution in [0.1, 0.15) is 25.8 Å². The number of methoxy groups -OCH3 is 1. The summed E-state index contributed by atoms with van der Waals surface area (Å²) in [5.74, 6) is 0. The molecule has 0 amide bonds. The summed E-state index contributed by atoms with van der Waals surface area (Å²) in [6, 6.07) is 6.01. The van der Waals surface area contributed by atoms with Gasteiger partial charge in [0, 0.05) is 18.5 Å². The summed E-state index contributed by atoms with van der Waals surface area (Å²) in [7, 11) is 1.68. The number of nitrogens with one attached hydrogen (secondary N) is 1. The van der Waals surface area contributed by atoms with Gasteiger partial charge in [-0.15, -0.1) is 0 Å². The molecule has 0 aromatic heterocycles. The average Bonchev–Trinajstić information content (AvgIpc) is 2.23. The summed E-state index contributed by atoms with van der Waals surface area (Å²) >= 11 is 0. The molecule has 0 heterocycles. The molecule has 0 saturated carbocycles. The minimum Gasteiger partial charge on any atom is -0.399 e. The highest BCUT2D eigenvalue weighted by atomic mass is 16.5. The maximum atomic E-state index is 5.88. The molecule has 0 bridgehead atoms. The number of ether oxygens (including phenoxy) is 1. The van der Waals surface area contributed by atoms with Gasteiger partial charge in [0.25, 0.3) is 0 Å². The van der Waals surface area contributed by atoms with Crippen LogP contribution < -0.4 is 11.1 Å². The van der Waals surface area contributed by atoms with Crippen LogP contribution in [0.3, 0.4) is 0 Å². The molecule has 0 radical (unpaired) electrons. The molecular formula is C12H20N2O. The highest BCUT2D eigenvalue weighted by Crippen LogP contribution is 2.19. The third-order valence-corrected chi connectivity index (χ3v) is 2.39. The first kappa shape index (κ1) is 11.9. The Balaban J connectivity index is 2.77. The topological polar surface area (TPSA) is 47.3 Å². The van der Waals surface area contributed by atoms with Crippen molar-refractivity contribution >= 4 is 11.4 Å². The molecule has 3 N–H and O–H groups in total. The second kappa shape index (κ2) is 5.61. The lowest BCUT2D eigenvalue weighted by atomic mass is 10.1. The zero-order chi connectivity index (χ0) is 11.3. The third-order valence-electron chi connectivity index (χ3n) is 2.39. The van der Waals surface area contributed by atoms with Gasteiger partial charge < -0.3 is 15.8 Å². The lowest BCUT2D eigenvalue weighted by Crippen LogP contribution is -2.17. The molecule has 0 spiro atoms. The van der Waals surface area contributed by atoms with E-state index in [2.05, 4.69) is 18.3 Å². The van der Waals surface area contributed by atoms with Crippen LogP contribution >= 0.6 is 0 Å². The van der Waals surface area contributed by atoms with Crippen LogP contribution in [-0.4, -0.2) is 13.3 Å². The Morgan fingerprint density at radius 2 is 2.20 bits per heavy atom. The van der Waals surface area contributed by atoms with Gasteiger partial charge in [-0.3, -0.25) is 0 Å². The van der Waals surface area contributed by atoms with Gasteiger partial charge >= 0.3 is 0 Å². The molecule has 3 heteroatoms. The standard InChI is InChI=1S/C12H20N2O/c1-4-5-10-8-11(6-7-12(10)13)14-9(2)15-3/h6-9,14H,4-5,13H2,1-3H3. The van der Waals surface area contributed by atoms with E-state index in [1.165, 1.54) is 5.56 Å². The molecule has 0 aliphatic rings. The van der Waals surface area contributed by atoms with Gasteiger partial charge in [0.05, 0.1) is 0 Å². The van der Waals surface area contributed by atoms with Crippen molar-refractivity contribution in [3.63, 3.8) is 0 Å². The fraction of sp³-hybridized carbons (Fsp3) is 0.500. The Morgan fingerprint density at radius 3 is 2.80 bits per heavy atom. The summed E-state index contributed by atoms with van der Waals surface area (Å²) in [6.45, 7) is 4.12. The van der Waals surface area contributed by atoms with E-state index < -0.39 is 0 Å². The molecule has 1 aromatic carbocycles. The Morgan fingerprint density at radius 1 is 1.47 bits per heavy atom. The Hall–Kier alpha value is -1.22. The van der Waals surface area contributed by atoms with Crippen molar-refractivity contribution in [2.24, 2.45) is 0 Å². The molecule has 0 aliphatic carbocycles. The molecule has 84 valence electrons. The largest absolute Gasteiger partial charge is 0.399 e. The Bertz CT molecular complexity index is 312. The van der Waals surface area contributed by atoms with Crippen LogP contribution in [0.4, 0.5) is 11.4 Å². The van der Waals surface area contributed by atoms with E-state index in [-0.39, 0.29) is 6.23 Å². The van der Waals surface area contributed by atoms with Crippen LogP contribution in [0.25, 0.3) is 0 Å². The third kappa shape index (κ3) is 3.44. The zero-order valence-electron chi connectivity index (χ0n) is 9.71. The first-order valence-corrected chi connectivity index (χ1v) is 5.35. The predicted molar refractivity (Wildman–Crippen MR) is 64.9 cm³/mol. The average molecular weight is 208 g/mol. The van der Waals surface area contributed by atoms with Gasteiger partial charge in [-0.25, -0.2) is 0 Å². The number of hydrogen-bond donors (Lipinski definition) is 2. The zero-order valence-corrected chi connectivity index (χ0v) is 9.71. The number of benzene rings is 1. The fourth-order valence-corrected chi connectivity index (χ4v) is 1.48. The lowest BCUT2D eigenvalue weighted by Gasteiger charge is -2.15. The van der Waals surface area contributed by atoms with Gasteiger partial charge in [0.1, 0.15) is 6.23 Å². The lowest BCUT2D eigenvalue weighted by molar-refractivity contribution is 0.141. The fourth-order valence-electron chi connectivity index (χ4n) is 1.48. The number of aryl methyl sites for hydroxylation is 1. The summed E-state index contributed by atoms with van der Waals surface area (Å²) in [4.78, 5) is 0. The number of nitrogen functional groups attached to an aromatic ring is 1. The number of rotatable bonds is 5. The van der Waals surface area contributed by atoms with Crippen molar-refractivity contribution in [2.45, 2.75) is 32.9 Å². The number of anilines is 2. The van der Waals surface area contributed by atoms with Crippen molar-refractivity contribution in [3.8, 4) is 0 Å². The number of hydrogen-bond acceptors (Lipinski definition) is 3. The van der Waals surface area contributed by atoms with Crippen LogP contribution in [0, 0.1) is 0 Å². The van der Waals surface area contributed by atoms with E-state index in [1.54, 1.807) is 7.11 Å². The monoisotopic (exact) mass is 208 g/mol. The molecule has 1 unspecified atom stereocenters. The van der Waals surface area contributed by atoms with E-state index in [4.69, 9.17) is 10.5 Å². The minimum atomic E-state index is 0.0168. The quantitative estimate of drug-likeness (QED) is 0.577. The highest BCUT2D eigenvalue weighted by Gasteiger charge is 2.02. The van der Waals surface area contributed by atoms with Gasteiger partial charge in [-0.2, -0.15) is 0 Å². The van der Waals surface area contributed by atoms with Crippen LogP contribution in [0.15, 0.2) is 18.2 Å². The summed E-state index contributed by atoms with van der Waals surface area (Å²) in [5, 5.41) is 3.24. The van der Waals surface area contributed by atoms with Gasteiger partial charge in [0.15, 0.2) is 0 Å². The molecule has 1 rings (SSSR count). The smallest absolute Gasteiger partial charge is 0.124 e. The Labute approximate surface area is 91.6 Å². The van der Waals surface area contributed by atoms with E-state index in [0.29, 0.717) is 0 Å². The molecule has 0 saturated heterocycles. The highest BCUT2D eigenvalue weighted by molar-refractivity contribution is 5.57. The van der Waals surface area contributed by atoms with Gasteiger partial charge in [0.2, 0.25) is 0 Å². The maximum Gasteiger partial charge on any atom is 0.124 e. The molecule has 3 nitrogen and oxygen atoms in total. The normalized spacial score (nSPS) is 12.5. The minimum absolute atomic E-state index is 0.0168. The second-order valence-corrected chi connectivity index (χ2v) is 3.69. The summed E-state index contributed by atoms with van der Waals surface area (Å²) in [5.41, 5.74) is 9.01. The van der Waals surface area contributed by atoms with E-state index >= 15 is 0 Å². The van der Waals surface area contributed by atoms with E-state index in [1.807, 2.05) is 19.1 Å². The molecular weight excluding hydrogens is 188 g/mol. The first-order chi connectivity index (χ1) is 7.17. The SMILES string of the molecule is CCCc1cc(NC(C)OC)ccc1N. The Kier molecular flexibility index (Phi) is 4.43. The molecule has 15 heavy (non-hydrogen) atoms. The van der Waals surface area contributed by atoms with Crippen molar-refractivity contribution < 1.29 is 4.74 Å². The van der Waals surface area contributed by atoms with Gasteiger partial charge in [-0.1, -0.05) is 13.3 Å². The predicted octanol–water partition coefficient (Wildman–Crippen LogP) is 2.63. The summed E-state index contributed by atoms with van der Waals surface area (Å²) in [6.07, 6.45) is 2.14. The maximum absolute atomic E-state index is 5.88. The van der Waals surface area contributed by atoms with Crippen molar-refractivity contribution in [1.82, 2.24) is 0 Å².